The highest BCUT2D eigenvalue weighted by molar-refractivity contribution is 6.02. The van der Waals surface area contributed by atoms with Crippen LogP contribution in [0.15, 0.2) is 0 Å². The topological polar surface area (TPSA) is 102 Å². The molecule has 0 aromatic carbocycles. The first-order valence-electron chi connectivity index (χ1n) is 6.47. The zero-order chi connectivity index (χ0) is 16.2. The maximum Gasteiger partial charge on any atom is 0.360 e. The number of nitrogens with one attached hydrogen (secondary N) is 2. The van der Waals surface area contributed by atoms with Crippen LogP contribution in [-0.4, -0.2) is 41.2 Å². The molecule has 1 aromatic rings. The second-order valence-electron chi connectivity index (χ2n) is 4.84. The first-order valence-corrected chi connectivity index (χ1v) is 6.47. The molecule has 8 nitrogen and oxygen atoms in total. The molecule has 0 saturated carbocycles. The van der Waals surface area contributed by atoms with E-state index >= 15 is 0 Å². The molecule has 0 atom stereocenters. The number of nitrogens with zero attached hydrogens (tertiary/aromatic N) is 2. The maximum absolute atomic E-state index is 11.8. The number of aromatic nitrogens is 2. The SMILES string of the molecule is COC(=O)c1nn(C)c(C)c1NC(=O)CNC(=O)C(C)C. The molecule has 2 N–H and O–H groups in total. The number of carbonyl (C=O) groups excluding carboxylic acids is 3. The van der Waals surface area contributed by atoms with Gasteiger partial charge in [0, 0.05) is 13.0 Å². The number of amides is 2. The Labute approximate surface area is 122 Å². The summed E-state index contributed by atoms with van der Waals surface area (Å²) in [5, 5.41) is 9.07. The molecule has 1 heterocycles. The van der Waals surface area contributed by atoms with Crippen molar-refractivity contribution in [3.8, 4) is 0 Å². The fourth-order valence-electron chi connectivity index (χ4n) is 1.55. The second kappa shape index (κ2) is 6.87. The fourth-order valence-corrected chi connectivity index (χ4v) is 1.55. The third-order valence-corrected chi connectivity index (χ3v) is 2.92. The monoisotopic (exact) mass is 296 g/mol. The fraction of sp³-hybridized carbons (Fsp3) is 0.538. The van der Waals surface area contributed by atoms with Crippen molar-refractivity contribution in [3.63, 3.8) is 0 Å². The number of ether oxygens (including phenoxy) is 1. The molecule has 0 aliphatic carbocycles. The highest BCUT2D eigenvalue weighted by atomic mass is 16.5. The molecule has 0 aliphatic heterocycles. The number of rotatable bonds is 5. The quantitative estimate of drug-likeness (QED) is 0.757. The first-order chi connectivity index (χ1) is 9.77. The van der Waals surface area contributed by atoms with Gasteiger partial charge in [0.05, 0.1) is 25.0 Å². The normalized spacial score (nSPS) is 10.4. The van der Waals surface area contributed by atoms with E-state index in [1.165, 1.54) is 11.8 Å². The van der Waals surface area contributed by atoms with Gasteiger partial charge in [0.1, 0.15) is 0 Å². The molecule has 1 rings (SSSR count). The van der Waals surface area contributed by atoms with Crippen molar-refractivity contribution >= 4 is 23.5 Å². The predicted molar refractivity (Wildman–Crippen MR) is 75.8 cm³/mol. The summed E-state index contributed by atoms with van der Waals surface area (Å²) >= 11 is 0. The van der Waals surface area contributed by atoms with Crippen molar-refractivity contribution in [3.05, 3.63) is 11.4 Å². The lowest BCUT2D eigenvalue weighted by Gasteiger charge is -2.09. The zero-order valence-corrected chi connectivity index (χ0v) is 12.8. The smallest absolute Gasteiger partial charge is 0.360 e. The number of hydrogen-bond acceptors (Lipinski definition) is 5. The average Bonchev–Trinajstić information content (AvgIpc) is 2.72. The third-order valence-electron chi connectivity index (χ3n) is 2.92. The number of carbonyl (C=O) groups is 3. The summed E-state index contributed by atoms with van der Waals surface area (Å²) in [5.41, 5.74) is 0.924. The lowest BCUT2D eigenvalue weighted by atomic mass is 10.2. The van der Waals surface area contributed by atoms with Crippen molar-refractivity contribution in [2.45, 2.75) is 20.8 Å². The van der Waals surface area contributed by atoms with Gasteiger partial charge in [-0.3, -0.25) is 14.3 Å². The van der Waals surface area contributed by atoms with Gasteiger partial charge in [0.25, 0.3) is 0 Å². The molecule has 116 valence electrons. The average molecular weight is 296 g/mol. The van der Waals surface area contributed by atoms with Crippen molar-refractivity contribution in [1.82, 2.24) is 15.1 Å². The Morgan fingerprint density at radius 2 is 1.95 bits per heavy atom. The van der Waals surface area contributed by atoms with Gasteiger partial charge in [0.15, 0.2) is 5.69 Å². The van der Waals surface area contributed by atoms with Crippen LogP contribution in [0.25, 0.3) is 0 Å². The van der Waals surface area contributed by atoms with Gasteiger partial charge in [-0.25, -0.2) is 4.79 Å². The Kier molecular flexibility index (Phi) is 5.45. The highest BCUT2D eigenvalue weighted by Crippen LogP contribution is 2.20. The van der Waals surface area contributed by atoms with Gasteiger partial charge in [-0.1, -0.05) is 13.8 Å². The number of anilines is 1. The van der Waals surface area contributed by atoms with Gasteiger partial charge in [-0.05, 0) is 6.92 Å². The maximum atomic E-state index is 11.8. The molecule has 0 bridgehead atoms. The molecule has 21 heavy (non-hydrogen) atoms. The molecule has 0 saturated heterocycles. The number of hydrogen-bond donors (Lipinski definition) is 2. The van der Waals surface area contributed by atoms with Crippen LogP contribution in [0.2, 0.25) is 0 Å². The molecule has 1 aromatic heterocycles. The van der Waals surface area contributed by atoms with E-state index in [1.807, 2.05) is 0 Å². The summed E-state index contributed by atoms with van der Waals surface area (Å²) in [6.45, 7) is 5.00. The molecule has 0 unspecified atom stereocenters. The van der Waals surface area contributed by atoms with E-state index in [4.69, 9.17) is 0 Å². The zero-order valence-electron chi connectivity index (χ0n) is 12.8. The highest BCUT2D eigenvalue weighted by Gasteiger charge is 2.22. The van der Waals surface area contributed by atoms with E-state index in [1.54, 1.807) is 27.8 Å². The van der Waals surface area contributed by atoms with Gasteiger partial charge in [-0.2, -0.15) is 5.10 Å². The molecular formula is C13H20N4O4. The summed E-state index contributed by atoms with van der Waals surface area (Å²) in [6.07, 6.45) is 0. The van der Waals surface area contributed by atoms with Crippen molar-refractivity contribution in [1.29, 1.82) is 0 Å². The van der Waals surface area contributed by atoms with Crippen molar-refractivity contribution < 1.29 is 19.1 Å². The number of methoxy groups -OCH3 is 1. The van der Waals surface area contributed by atoms with E-state index in [2.05, 4.69) is 20.5 Å². The lowest BCUT2D eigenvalue weighted by molar-refractivity contribution is -0.126. The molecule has 8 heteroatoms. The van der Waals surface area contributed by atoms with Gasteiger partial charge >= 0.3 is 5.97 Å². The van der Waals surface area contributed by atoms with Crippen LogP contribution in [0, 0.1) is 12.8 Å². The Bertz CT molecular complexity index is 563. The third kappa shape index (κ3) is 4.04. The van der Waals surface area contributed by atoms with E-state index in [-0.39, 0.29) is 29.8 Å². The first kappa shape index (κ1) is 16.7. The molecule has 0 aliphatic rings. The Hall–Kier alpha value is -2.38. The van der Waals surface area contributed by atoms with Crippen LogP contribution in [-0.2, 0) is 21.4 Å². The summed E-state index contributed by atoms with van der Waals surface area (Å²) in [4.78, 5) is 34.9. The number of esters is 1. The summed E-state index contributed by atoms with van der Waals surface area (Å²) < 4.78 is 6.09. The van der Waals surface area contributed by atoms with Crippen molar-refractivity contribution in [2.75, 3.05) is 19.0 Å². The van der Waals surface area contributed by atoms with Crippen LogP contribution < -0.4 is 10.6 Å². The minimum absolute atomic E-state index is 0.0287. The van der Waals surface area contributed by atoms with Crippen molar-refractivity contribution in [2.24, 2.45) is 13.0 Å². The molecule has 0 radical (unpaired) electrons. The predicted octanol–water partition coefficient (Wildman–Crippen LogP) is 0.226. The second-order valence-corrected chi connectivity index (χ2v) is 4.84. The Balaban J connectivity index is 2.80. The van der Waals surface area contributed by atoms with Gasteiger partial charge in [-0.15, -0.1) is 0 Å². The summed E-state index contributed by atoms with van der Waals surface area (Å²) in [5.74, 6) is -1.50. The van der Waals surface area contributed by atoms with E-state index in [0.29, 0.717) is 5.69 Å². The summed E-state index contributed by atoms with van der Waals surface area (Å²) in [6, 6.07) is 0. The number of aryl methyl sites for hydroxylation is 1. The van der Waals surface area contributed by atoms with E-state index in [9.17, 15) is 14.4 Å². The summed E-state index contributed by atoms with van der Waals surface area (Å²) in [7, 11) is 2.89. The molecule has 0 spiro atoms. The molecular weight excluding hydrogens is 276 g/mol. The van der Waals surface area contributed by atoms with Gasteiger partial charge in [0.2, 0.25) is 11.8 Å². The standard InChI is InChI=1S/C13H20N4O4/c1-7(2)12(19)14-6-9(18)15-10-8(3)17(4)16-11(10)13(20)21-5/h7H,6H2,1-5H3,(H,14,19)(H,15,18). The largest absolute Gasteiger partial charge is 0.464 e. The van der Waals surface area contributed by atoms with E-state index in [0.717, 1.165) is 0 Å². The van der Waals surface area contributed by atoms with Crippen LogP contribution in [0.1, 0.15) is 30.0 Å². The van der Waals surface area contributed by atoms with Crippen LogP contribution in [0.5, 0.6) is 0 Å². The Morgan fingerprint density at radius 1 is 1.33 bits per heavy atom. The molecule has 2 amide bonds. The minimum Gasteiger partial charge on any atom is -0.464 e. The molecule has 0 fully saturated rings. The van der Waals surface area contributed by atoms with E-state index < -0.39 is 11.9 Å². The Morgan fingerprint density at radius 3 is 2.48 bits per heavy atom. The van der Waals surface area contributed by atoms with Crippen LogP contribution >= 0.6 is 0 Å². The van der Waals surface area contributed by atoms with Crippen LogP contribution in [0.4, 0.5) is 5.69 Å². The lowest BCUT2D eigenvalue weighted by Crippen LogP contribution is -2.35. The van der Waals surface area contributed by atoms with Gasteiger partial charge < -0.3 is 15.4 Å². The van der Waals surface area contributed by atoms with Crippen LogP contribution in [0.3, 0.4) is 0 Å². The minimum atomic E-state index is -0.639.